The molecule has 0 heterocycles. The summed E-state index contributed by atoms with van der Waals surface area (Å²) < 4.78 is 28.0. The van der Waals surface area contributed by atoms with Gasteiger partial charge in [-0.05, 0) is 67.3 Å². The van der Waals surface area contributed by atoms with Gasteiger partial charge in [0.2, 0.25) is 15.9 Å². The lowest BCUT2D eigenvalue weighted by Crippen LogP contribution is -2.26. The highest BCUT2D eigenvalue weighted by atomic mass is 35.5. The standard InChI is InChI=1S/C24H25ClN2O3S/c1-17-16-21(25)11-14-23(17)26-24(28)15-10-19-8-12-22(13-9-19)31(29,30)27-18(2)20-6-4-3-5-7-20/h3-9,11-14,16,18,27H,10,15H2,1-2H3,(H,26,28)/t18-/m0/s1. The summed E-state index contributed by atoms with van der Waals surface area (Å²) in [5.41, 5.74) is 3.41. The third-order valence-corrected chi connectivity index (χ3v) is 6.76. The van der Waals surface area contributed by atoms with Gasteiger partial charge in [-0.1, -0.05) is 54.1 Å². The number of hydrogen-bond acceptors (Lipinski definition) is 3. The van der Waals surface area contributed by atoms with E-state index < -0.39 is 10.0 Å². The highest BCUT2D eigenvalue weighted by Crippen LogP contribution is 2.20. The van der Waals surface area contributed by atoms with Gasteiger partial charge in [0.1, 0.15) is 0 Å². The number of rotatable bonds is 8. The van der Waals surface area contributed by atoms with Gasteiger partial charge in [-0.2, -0.15) is 0 Å². The smallest absolute Gasteiger partial charge is 0.241 e. The van der Waals surface area contributed by atoms with E-state index in [2.05, 4.69) is 10.0 Å². The van der Waals surface area contributed by atoms with Crippen molar-refractivity contribution in [3.8, 4) is 0 Å². The Morgan fingerprint density at radius 3 is 2.32 bits per heavy atom. The zero-order chi connectivity index (χ0) is 22.4. The topological polar surface area (TPSA) is 75.3 Å². The highest BCUT2D eigenvalue weighted by Gasteiger charge is 2.18. The number of amides is 1. The zero-order valence-electron chi connectivity index (χ0n) is 17.4. The third-order valence-electron chi connectivity index (χ3n) is 4.97. The molecule has 1 atom stereocenters. The molecule has 0 aliphatic carbocycles. The van der Waals surface area contributed by atoms with Crippen LogP contribution in [0.3, 0.4) is 0 Å². The molecule has 0 unspecified atom stereocenters. The predicted molar refractivity (Wildman–Crippen MR) is 125 cm³/mol. The minimum atomic E-state index is -3.64. The van der Waals surface area contributed by atoms with Gasteiger partial charge < -0.3 is 5.32 Å². The maximum Gasteiger partial charge on any atom is 0.241 e. The fraction of sp³-hybridized carbons (Fsp3) is 0.208. The first kappa shape index (κ1) is 23.0. The lowest BCUT2D eigenvalue weighted by atomic mass is 10.1. The quantitative estimate of drug-likeness (QED) is 0.485. The molecule has 0 aliphatic rings. The molecule has 162 valence electrons. The van der Waals surface area contributed by atoms with Crippen LogP contribution in [-0.2, 0) is 21.2 Å². The zero-order valence-corrected chi connectivity index (χ0v) is 19.0. The number of hydrogen-bond donors (Lipinski definition) is 2. The van der Waals surface area contributed by atoms with Gasteiger partial charge in [-0.15, -0.1) is 0 Å². The van der Waals surface area contributed by atoms with Crippen LogP contribution in [0.5, 0.6) is 0 Å². The van der Waals surface area contributed by atoms with Crippen molar-refractivity contribution in [3.05, 3.63) is 94.5 Å². The maximum absolute atomic E-state index is 12.7. The van der Waals surface area contributed by atoms with Gasteiger partial charge in [0.05, 0.1) is 4.90 Å². The molecular weight excluding hydrogens is 432 g/mol. The Morgan fingerprint density at radius 1 is 1.00 bits per heavy atom. The summed E-state index contributed by atoms with van der Waals surface area (Å²) in [6.07, 6.45) is 0.796. The van der Waals surface area contributed by atoms with E-state index in [1.807, 2.05) is 44.2 Å². The van der Waals surface area contributed by atoms with Crippen LogP contribution < -0.4 is 10.0 Å². The van der Waals surface area contributed by atoms with E-state index in [0.29, 0.717) is 11.4 Å². The second-order valence-electron chi connectivity index (χ2n) is 7.41. The van der Waals surface area contributed by atoms with Crippen molar-refractivity contribution in [3.63, 3.8) is 0 Å². The number of anilines is 1. The number of sulfonamides is 1. The molecule has 31 heavy (non-hydrogen) atoms. The Morgan fingerprint density at radius 2 is 1.68 bits per heavy atom. The SMILES string of the molecule is Cc1cc(Cl)ccc1NC(=O)CCc1ccc(S(=O)(=O)N[C@@H](C)c2ccccc2)cc1. The second-order valence-corrected chi connectivity index (χ2v) is 9.56. The van der Waals surface area contributed by atoms with Gasteiger partial charge in [-0.25, -0.2) is 13.1 Å². The Kier molecular flexibility index (Phi) is 7.49. The second kappa shape index (κ2) is 10.1. The third kappa shape index (κ3) is 6.40. The summed E-state index contributed by atoms with van der Waals surface area (Å²) in [6, 6.07) is 21.0. The summed E-state index contributed by atoms with van der Waals surface area (Å²) in [4.78, 5) is 12.4. The number of halogens is 1. The van der Waals surface area contributed by atoms with Crippen molar-refractivity contribution < 1.29 is 13.2 Å². The van der Waals surface area contributed by atoms with Crippen molar-refractivity contribution in [2.45, 2.75) is 37.6 Å². The van der Waals surface area contributed by atoms with Crippen molar-refractivity contribution in [1.29, 1.82) is 0 Å². The van der Waals surface area contributed by atoms with Gasteiger partial charge in [0, 0.05) is 23.2 Å². The molecule has 1 amide bonds. The van der Waals surface area contributed by atoms with E-state index in [1.165, 1.54) is 0 Å². The first-order valence-corrected chi connectivity index (χ1v) is 11.8. The van der Waals surface area contributed by atoms with Crippen LogP contribution in [0.2, 0.25) is 5.02 Å². The summed E-state index contributed by atoms with van der Waals surface area (Å²) in [6.45, 7) is 3.69. The molecule has 3 aromatic carbocycles. The average Bonchev–Trinajstić information content (AvgIpc) is 2.75. The van der Waals surface area contributed by atoms with Gasteiger partial charge in [0.25, 0.3) is 0 Å². The largest absolute Gasteiger partial charge is 0.326 e. The fourth-order valence-corrected chi connectivity index (χ4v) is 4.64. The van der Waals surface area contributed by atoms with Crippen LogP contribution in [0, 0.1) is 6.92 Å². The van der Waals surface area contributed by atoms with Crippen molar-refractivity contribution in [2.24, 2.45) is 0 Å². The Labute approximate surface area is 188 Å². The van der Waals surface area contributed by atoms with E-state index in [0.717, 1.165) is 22.4 Å². The lowest BCUT2D eigenvalue weighted by Gasteiger charge is -2.15. The predicted octanol–water partition coefficient (Wildman–Crippen LogP) is 5.26. The summed E-state index contributed by atoms with van der Waals surface area (Å²) in [5, 5.41) is 3.50. The summed E-state index contributed by atoms with van der Waals surface area (Å²) >= 11 is 5.94. The van der Waals surface area contributed by atoms with Crippen molar-refractivity contribution in [2.75, 3.05) is 5.32 Å². The van der Waals surface area contributed by atoms with Crippen LogP contribution in [0.1, 0.15) is 36.1 Å². The average molecular weight is 457 g/mol. The Hall–Kier alpha value is -2.67. The number of carbonyl (C=O) groups excluding carboxylic acids is 1. The number of aryl methyl sites for hydroxylation is 2. The number of nitrogens with one attached hydrogen (secondary N) is 2. The minimum absolute atomic E-state index is 0.111. The van der Waals surface area contributed by atoms with Gasteiger partial charge in [0.15, 0.2) is 0 Å². The first-order valence-electron chi connectivity index (χ1n) is 9.97. The molecule has 0 aromatic heterocycles. The van der Waals surface area contributed by atoms with Crippen LogP contribution in [0.4, 0.5) is 5.69 Å². The van der Waals surface area contributed by atoms with Gasteiger partial charge in [-0.3, -0.25) is 4.79 Å². The molecule has 0 radical (unpaired) electrons. The van der Waals surface area contributed by atoms with Crippen molar-refractivity contribution in [1.82, 2.24) is 4.72 Å². The van der Waals surface area contributed by atoms with Crippen LogP contribution in [0.25, 0.3) is 0 Å². The fourth-order valence-electron chi connectivity index (χ4n) is 3.18. The Bertz CT molecular complexity index is 1150. The number of carbonyl (C=O) groups is 1. The van der Waals surface area contributed by atoms with Crippen LogP contribution in [0.15, 0.2) is 77.7 Å². The minimum Gasteiger partial charge on any atom is -0.326 e. The molecule has 3 rings (SSSR count). The summed E-state index contributed by atoms with van der Waals surface area (Å²) in [7, 11) is -3.64. The Balaban J connectivity index is 1.57. The molecule has 0 fully saturated rings. The first-order chi connectivity index (χ1) is 14.7. The molecule has 0 bridgehead atoms. The van der Waals surface area contributed by atoms with E-state index in [4.69, 9.17) is 11.6 Å². The summed E-state index contributed by atoms with van der Waals surface area (Å²) in [5.74, 6) is -0.111. The van der Waals surface area contributed by atoms with Crippen LogP contribution in [-0.4, -0.2) is 14.3 Å². The molecule has 3 aromatic rings. The number of benzene rings is 3. The molecule has 0 aliphatic heterocycles. The van der Waals surface area contributed by atoms with E-state index >= 15 is 0 Å². The van der Waals surface area contributed by atoms with E-state index in [-0.39, 0.29) is 23.3 Å². The molecular formula is C24H25ClN2O3S. The molecule has 7 heteroatoms. The van der Waals surface area contributed by atoms with E-state index in [1.54, 1.807) is 42.5 Å². The van der Waals surface area contributed by atoms with Crippen molar-refractivity contribution >= 4 is 33.2 Å². The maximum atomic E-state index is 12.7. The van der Waals surface area contributed by atoms with Crippen LogP contribution >= 0.6 is 11.6 Å². The monoisotopic (exact) mass is 456 g/mol. The molecule has 0 saturated heterocycles. The van der Waals surface area contributed by atoms with E-state index in [9.17, 15) is 13.2 Å². The van der Waals surface area contributed by atoms with Gasteiger partial charge >= 0.3 is 0 Å². The molecule has 0 saturated carbocycles. The molecule has 5 nitrogen and oxygen atoms in total. The normalized spacial score (nSPS) is 12.4. The lowest BCUT2D eigenvalue weighted by molar-refractivity contribution is -0.116. The molecule has 2 N–H and O–H groups in total. The highest BCUT2D eigenvalue weighted by molar-refractivity contribution is 7.89. The molecule has 0 spiro atoms.